The Morgan fingerprint density at radius 2 is 1.89 bits per heavy atom. The number of carbonyl (C=O) groups is 3. The maximum Gasteiger partial charge on any atom is 0.243 e. The number of ketones is 1. The fourth-order valence-corrected chi connectivity index (χ4v) is 5.33. The van der Waals surface area contributed by atoms with Crippen LogP contribution in [0.5, 0.6) is 0 Å². The second kappa shape index (κ2) is 9.68. The first kappa shape index (κ1) is 25.6. The summed E-state index contributed by atoms with van der Waals surface area (Å²) >= 11 is 12.0. The zero-order valence-corrected chi connectivity index (χ0v) is 21.9. The van der Waals surface area contributed by atoms with Crippen LogP contribution in [0.3, 0.4) is 0 Å². The largest absolute Gasteiger partial charge is 0.354 e. The first-order valence-electron chi connectivity index (χ1n) is 12.1. The molecule has 37 heavy (non-hydrogen) atoms. The van der Waals surface area contributed by atoms with E-state index >= 15 is 0 Å². The molecule has 1 aromatic carbocycles. The first-order chi connectivity index (χ1) is 17.5. The minimum atomic E-state index is -1.30. The van der Waals surface area contributed by atoms with Crippen molar-refractivity contribution in [2.24, 2.45) is 5.92 Å². The molecule has 3 aromatic rings. The summed E-state index contributed by atoms with van der Waals surface area (Å²) in [6.45, 7) is 3.25. The number of benzene rings is 1. The van der Waals surface area contributed by atoms with Gasteiger partial charge in [-0.1, -0.05) is 6.07 Å². The number of alkyl halides is 3. The average molecular weight is 546 g/mol. The van der Waals surface area contributed by atoms with Gasteiger partial charge in [-0.2, -0.15) is 0 Å². The second-order valence-corrected chi connectivity index (χ2v) is 11.3. The second-order valence-electron chi connectivity index (χ2n) is 9.78. The monoisotopic (exact) mass is 545 g/mol. The number of aromatic nitrogens is 3. The molecule has 1 aliphatic heterocycles. The minimum absolute atomic E-state index is 0.0564. The van der Waals surface area contributed by atoms with E-state index in [2.05, 4.69) is 15.3 Å². The van der Waals surface area contributed by atoms with Gasteiger partial charge in [-0.3, -0.25) is 14.4 Å². The number of Topliss-reactive ketones (excluding diaryl/α,β-unsaturated/α-hetero) is 1. The van der Waals surface area contributed by atoms with Crippen LogP contribution in [0.4, 0.5) is 4.39 Å². The summed E-state index contributed by atoms with van der Waals surface area (Å²) in [5.41, 5.74) is 2.79. The molecule has 8 nitrogen and oxygen atoms in total. The van der Waals surface area contributed by atoms with Crippen LogP contribution in [-0.4, -0.2) is 66.7 Å². The number of nitrogens with one attached hydrogen (secondary N) is 1. The first-order valence-corrected chi connectivity index (χ1v) is 12.8. The maximum absolute atomic E-state index is 14.3. The van der Waals surface area contributed by atoms with E-state index in [9.17, 15) is 18.8 Å². The fourth-order valence-electron chi connectivity index (χ4n) is 4.81. The van der Waals surface area contributed by atoms with Crippen LogP contribution < -0.4 is 5.32 Å². The van der Waals surface area contributed by atoms with Crippen molar-refractivity contribution in [2.75, 3.05) is 13.1 Å². The third kappa shape index (κ3) is 5.20. The van der Waals surface area contributed by atoms with Gasteiger partial charge in [-0.25, -0.2) is 14.4 Å². The Labute approximate surface area is 223 Å². The van der Waals surface area contributed by atoms with Crippen molar-refractivity contribution in [3.8, 4) is 11.1 Å². The molecule has 0 spiro atoms. The normalized spacial score (nSPS) is 22.3. The SMILES string of the molecule is CC(=O)c1cn(CC(=O)N2C[C@H](F)C[C@H]2C(=O)NC[C@@H]2CC2(Cl)Cl)c2ccc(-c3cnc(C)nc3)cc12. The number of amides is 2. The Hall–Kier alpha value is -3.04. The molecule has 0 radical (unpaired) electrons. The summed E-state index contributed by atoms with van der Waals surface area (Å²) in [5, 5.41) is 3.44. The molecule has 1 saturated carbocycles. The molecule has 3 heterocycles. The summed E-state index contributed by atoms with van der Waals surface area (Å²) in [4.78, 5) is 48.2. The molecule has 2 fully saturated rings. The standard InChI is InChI=1S/C26H26Cl2FN5O3/c1-14(35)21-12-33(22-4-3-16(5-20(21)22)17-8-30-15(2)31-9-17)13-24(36)34-11-19(29)6-23(34)25(37)32-10-18-7-26(18,27)28/h3-5,8-9,12,18-19,23H,6-7,10-11,13H2,1-2H3,(H,32,37)/t18-,19+,23-/m0/s1. The number of halogens is 3. The lowest BCUT2D eigenvalue weighted by molar-refractivity contribution is -0.138. The molecule has 2 aromatic heterocycles. The Balaban J connectivity index is 1.37. The topological polar surface area (TPSA) is 97.2 Å². The van der Waals surface area contributed by atoms with Crippen molar-refractivity contribution >= 4 is 51.7 Å². The zero-order chi connectivity index (χ0) is 26.5. The van der Waals surface area contributed by atoms with Crippen LogP contribution >= 0.6 is 23.2 Å². The number of rotatable bonds is 7. The lowest BCUT2D eigenvalue weighted by Gasteiger charge is -2.24. The van der Waals surface area contributed by atoms with E-state index in [1.54, 1.807) is 30.1 Å². The number of carbonyl (C=O) groups excluding carboxylic acids is 3. The molecular weight excluding hydrogens is 520 g/mol. The molecule has 0 bridgehead atoms. The van der Waals surface area contributed by atoms with Gasteiger partial charge in [-0.05, 0) is 38.0 Å². The smallest absolute Gasteiger partial charge is 0.243 e. The molecule has 1 N–H and O–H groups in total. The summed E-state index contributed by atoms with van der Waals surface area (Å²) in [6.07, 6.45) is 4.27. The quantitative estimate of drug-likeness (QED) is 0.359. The highest BCUT2D eigenvalue weighted by molar-refractivity contribution is 6.50. The van der Waals surface area contributed by atoms with Gasteiger partial charge in [0.2, 0.25) is 11.8 Å². The molecule has 5 rings (SSSR count). The fraction of sp³-hybridized carbons (Fsp3) is 0.423. The Morgan fingerprint density at radius 3 is 2.54 bits per heavy atom. The lowest BCUT2D eigenvalue weighted by Crippen LogP contribution is -2.47. The molecule has 2 aliphatic rings. The molecule has 194 valence electrons. The van der Waals surface area contributed by atoms with Crippen molar-refractivity contribution in [1.29, 1.82) is 0 Å². The predicted molar refractivity (Wildman–Crippen MR) is 138 cm³/mol. The molecule has 1 aliphatic carbocycles. The van der Waals surface area contributed by atoms with E-state index in [1.807, 2.05) is 18.2 Å². The Morgan fingerprint density at radius 1 is 1.19 bits per heavy atom. The van der Waals surface area contributed by atoms with Crippen LogP contribution in [-0.2, 0) is 16.1 Å². The van der Waals surface area contributed by atoms with Crippen molar-refractivity contribution < 1.29 is 18.8 Å². The third-order valence-corrected chi connectivity index (χ3v) is 7.96. The number of hydrogen-bond acceptors (Lipinski definition) is 5. The van der Waals surface area contributed by atoms with Crippen LogP contribution in [0.25, 0.3) is 22.0 Å². The molecule has 2 amide bonds. The summed E-state index contributed by atoms with van der Waals surface area (Å²) in [5.74, 6) is -0.373. The highest BCUT2D eigenvalue weighted by Gasteiger charge is 2.51. The van der Waals surface area contributed by atoms with Gasteiger partial charge in [0.05, 0.1) is 6.54 Å². The number of hydrogen-bond donors (Lipinski definition) is 1. The van der Waals surface area contributed by atoms with Gasteiger partial charge in [0.15, 0.2) is 5.78 Å². The minimum Gasteiger partial charge on any atom is -0.354 e. The molecule has 0 unspecified atom stereocenters. The number of nitrogens with zero attached hydrogens (tertiary/aromatic N) is 4. The molecule has 11 heteroatoms. The van der Waals surface area contributed by atoms with Crippen LogP contribution in [0.1, 0.15) is 35.9 Å². The van der Waals surface area contributed by atoms with Crippen molar-refractivity contribution in [3.05, 3.63) is 48.2 Å². The molecule has 3 atom stereocenters. The van der Waals surface area contributed by atoms with Crippen molar-refractivity contribution in [2.45, 2.75) is 49.8 Å². The van der Waals surface area contributed by atoms with Gasteiger partial charge in [-0.15, -0.1) is 23.2 Å². The zero-order valence-electron chi connectivity index (χ0n) is 20.4. The Kier molecular flexibility index (Phi) is 6.70. The van der Waals surface area contributed by atoms with E-state index in [4.69, 9.17) is 23.2 Å². The molecular formula is C26H26Cl2FN5O3. The summed E-state index contributed by atoms with van der Waals surface area (Å²) < 4.78 is 15.2. The van der Waals surface area contributed by atoms with Crippen LogP contribution in [0, 0.1) is 12.8 Å². The number of aryl methyl sites for hydroxylation is 1. The summed E-state index contributed by atoms with van der Waals surface area (Å²) in [7, 11) is 0. The van der Waals surface area contributed by atoms with Gasteiger partial charge >= 0.3 is 0 Å². The number of fused-ring (bicyclic) bond motifs is 1. The van der Waals surface area contributed by atoms with E-state index in [-0.39, 0.29) is 37.8 Å². The lowest BCUT2D eigenvalue weighted by atomic mass is 10.0. The van der Waals surface area contributed by atoms with Crippen LogP contribution in [0.15, 0.2) is 36.8 Å². The van der Waals surface area contributed by atoms with Gasteiger partial charge in [0.25, 0.3) is 0 Å². The molecule has 1 saturated heterocycles. The third-order valence-electron chi connectivity index (χ3n) is 7.03. The highest BCUT2D eigenvalue weighted by atomic mass is 35.5. The van der Waals surface area contributed by atoms with E-state index in [0.717, 1.165) is 11.1 Å². The van der Waals surface area contributed by atoms with Crippen molar-refractivity contribution in [3.63, 3.8) is 0 Å². The van der Waals surface area contributed by atoms with E-state index in [0.29, 0.717) is 28.7 Å². The van der Waals surface area contributed by atoms with E-state index < -0.39 is 28.4 Å². The highest BCUT2D eigenvalue weighted by Crippen LogP contribution is 2.52. The number of likely N-dealkylation sites (tertiary alicyclic amines) is 1. The average Bonchev–Trinajstić information content (AvgIpc) is 3.15. The predicted octanol–water partition coefficient (Wildman–Crippen LogP) is 3.86. The van der Waals surface area contributed by atoms with Crippen molar-refractivity contribution in [1.82, 2.24) is 24.8 Å². The van der Waals surface area contributed by atoms with Crippen LogP contribution in [0.2, 0.25) is 0 Å². The van der Waals surface area contributed by atoms with Gasteiger partial charge in [0, 0.05) is 59.5 Å². The van der Waals surface area contributed by atoms with E-state index in [1.165, 1.54) is 11.8 Å². The van der Waals surface area contributed by atoms with Gasteiger partial charge < -0.3 is 14.8 Å². The summed E-state index contributed by atoms with van der Waals surface area (Å²) in [6, 6.07) is 4.66. The Bertz CT molecular complexity index is 1390. The van der Waals surface area contributed by atoms with Gasteiger partial charge in [0.1, 0.15) is 28.9 Å². The maximum atomic E-state index is 14.3.